The topological polar surface area (TPSA) is 83.5 Å². The van der Waals surface area contributed by atoms with Crippen LogP contribution in [0.4, 0.5) is 5.69 Å². The summed E-state index contributed by atoms with van der Waals surface area (Å²) in [5.74, 6) is 3.41. The summed E-state index contributed by atoms with van der Waals surface area (Å²) in [5.41, 5.74) is 3.43. The number of hydrazone groups is 1. The van der Waals surface area contributed by atoms with Crippen LogP contribution in [-0.4, -0.2) is 72.8 Å². The van der Waals surface area contributed by atoms with Gasteiger partial charge in [0.2, 0.25) is 11.8 Å². The molecule has 2 aromatic rings. The van der Waals surface area contributed by atoms with E-state index in [1.54, 1.807) is 14.2 Å². The summed E-state index contributed by atoms with van der Waals surface area (Å²) in [6, 6.07) is 13.2. The quantitative estimate of drug-likeness (QED) is 0.622. The molecule has 2 amide bonds. The number of ether oxygens (including phenoxy) is 2. The number of hydrogen-bond acceptors (Lipinski definition) is 7. The molecule has 1 N–H and O–H groups in total. The first kappa shape index (κ1) is 24.1. The normalized spacial score (nSPS) is 16.7. The lowest BCUT2D eigenvalue weighted by Gasteiger charge is -2.25. The van der Waals surface area contributed by atoms with Gasteiger partial charge in [-0.05, 0) is 35.9 Å². The van der Waals surface area contributed by atoms with Gasteiger partial charge in [-0.2, -0.15) is 16.9 Å². The maximum atomic E-state index is 12.5. The third-order valence-electron chi connectivity index (χ3n) is 5.86. The van der Waals surface area contributed by atoms with Crippen LogP contribution in [0.1, 0.15) is 24.0 Å². The van der Waals surface area contributed by atoms with Gasteiger partial charge in [-0.25, -0.2) is 5.01 Å². The van der Waals surface area contributed by atoms with Crippen molar-refractivity contribution in [1.82, 2.24) is 9.91 Å². The highest BCUT2D eigenvalue weighted by Gasteiger charge is 2.22. The Labute approximate surface area is 204 Å². The fourth-order valence-electron chi connectivity index (χ4n) is 3.98. The molecule has 34 heavy (non-hydrogen) atoms. The zero-order chi connectivity index (χ0) is 23.9. The molecule has 0 aromatic heterocycles. The van der Waals surface area contributed by atoms with Crippen LogP contribution in [0.3, 0.4) is 0 Å². The van der Waals surface area contributed by atoms with Crippen LogP contribution in [0.25, 0.3) is 0 Å². The van der Waals surface area contributed by atoms with E-state index in [9.17, 15) is 9.59 Å². The van der Waals surface area contributed by atoms with Crippen molar-refractivity contribution in [2.45, 2.75) is 19.4 Å². The molecule has 2 aromatic carbocycles. The molecule has 180 valence electrons. The van der Waals surface area contributed by atoms with Crippen molar-refractivity contribution in [3.05, 3.63) is 53.6 Å². The molecule has 1 fully saturated rings. The van der Waals surface area contributed by atoms with Gasteiger partial charge in [0.1, 0.15) is 0 Å². The van der Waals surface area contributed by atoms with E-state index in [0.717, 1.165) is 47.1 Å². The van der Waals surface area contributed by atoms with Crippen molar-refractivity contribution in [2.75, 3.05) is 50.7 Å². The number of rotatable bonds is 8. The average molecular weight is 483 g/mol. The number of carbonyl (C=O) groups is 2. The second-order valence-corrected chi connectivity index (χ2v) is 9.43. The van der Waals surface area contributed by atoms with Gasteiger partial charge in [-0.1, -0.05) is 12.1 Å². The van der Waals surface area contributed by atoms with Gasteiger partial charge in [0.25, 0.3) is 0 Å². The van der Waals surface area contributed by atoms with E-state index in [0.29, 0.717) is 37.4 Å². The van der Waals surface area contributed by atoms with E-state index in [2.05, 4.69) is 15.3 Å². The molecule has 2 aliphatic rings. The summed E-state index contributed by atoms with van der Waals surface area (Å²) in [7, 11) is 3.19. The molecule has 8 nitrogen and oxygen atoms in total. The highest BCUT2D eigenvalue weighted by atomic mass is 32.2. The summed E-state index contributed by atoms with van der Waals surface area (Å²) in [6.45, 7) is 2.69. The van der Waals surface area contributed by atoms with Gasteiger partial charge in [-0.3, -0.25) is 14.5 Å². The number of thioether (sulfide) groups is 1. The molecule has 0 aliphatic carbocycles. The van der Waals surface area contributed by atoms with Gasteiger partial charge in [0, 0.05) is 48.7 Å². The molecule has 2 heterocycles. The maximum Gasteiger partial charge on any atom is 0.243 e. The van der Waals surface area contributed by atoms with E-state index in [4.69, 9.17) is 9.47 Å². The number of methoxy groups -OCH3 is 2. The molecule has 0 atom stereocenters. The van der Waals surface area contributed by atoms with Crippen LogP contribution in [0, 0.1) is 0 Å². The Morgan fingerprint density at radius 2 is 1.76 bits per heavy atom. The Morgan fingerprint density at radius 3 is 2.47 bits per heavy atom. The molecule has 0 bridgehead atoms. The zero-order valence-electron chi connectivity index (χ0n) is 19.6. The fourth-order valence-corrected chi connectivity index (χ4v) is 4.96. The number of anilines is 1. The molecule has 0 unspecified atom stereocenters. The van der Waals surface area contributed by atoms with Crippen LogP contribution in [0.15, 0.2) is 47.6 Å². The van der Waals surface area contributed by atoms with E-state index in [-0.39, 0.29) is 11.8 Å². The van der Waals surface area contributed by atoms with E-state index in [1.807, 2.05) is 54.2 Å². The van der Waals surface area contributed by atoms with Gasteiger partial charge in [0.05, 0.1) is 33.0 Å². The van der Waals surface area contributed by atoms with Crippen molar-refractivity contribution in [3.8, 4) is 11.5 Å². The third kappa shape index (κ3) is 6.09. The van der Waals surface area contributed by atoms with Gasteiger partial charge >= 0.3 is 0 Å². The molecular formula is C25H30N4O4S. The standard InChI is InChI=1S/C25H30N4O4S/c1-32-22-9-5-19(15-23(22)33-2)21-8-10-25(31)29(27-21)16-18-3-6-20(7-4-18)26-24(30)17-28-11-13-34-14-12-28/h3-7,9,15H,8,10-14,16-17H2,1-2H3,(H,26,30). The van der Waals surface area contributed by atoms with E-state index < -0.39 is 0 Å². The summed E-state index contributed by atoms with van der Waals surface area (Å²) in [5, 5.41) is 9.09. The first-order valence-electron chi connectivity index (χ1n) is 11.3. The predicted molar refractivity (Wildman–Crippen MR) is 135 cm³/mol. The Morgan fingerprint density at radius 1 is 1.03 bits per heavy atom. The molecular weight excluding hydrogens is 452 g/mol. The molecule has 0 saturated carbocycles. The van der Waals surface area contributed by atoms with Crippen molar-refractivity contribution in [1.29, 1.82) is 0 Å². The second kappa shape index (κ2) is 11.4. The summed E-state index contributed by atoms with van der Waals surface area (Å²) in [4.78, 5) is 27.0. The molecule has 9 heteroatoms. The van der Waals surface area contributed by atoms with Gasteiger partial charge < -0.3 is 14.8 Å². The van der Waals surface area contributed by atoms with Crippen LogP contribution in [0.5, 0.6) is 11.5 Å². The number of carbonyl (C=O) groups excluding carboxylic acids is 2. The average Bonchev–Trinajstić information content (AvgIpc) is 2.86. The smallest absolute Gasteiger partial charge is 0.243 e. The summed E-state index contributed by atoms with van der Waals surface area (Å²) < 4.78 is 10.7. The van der Waals surface area contributed by atoms with Crippen LogP contribution in [0.2, 0.25) is 0 Å². The van der Waals surface area contributed by atoms with Crippen molar-refractivity contribution in [2.24, 2.45) is 5.10 Å². The minimum absolute atomic E-state index is 0.00461. The Kier molecular flexibility index (Phi) is 8.08. The Bertz CT molecular complexity index is 1050. The van der Waals surface area contributed by atoms with Crippen LogP contribution < -0.4 is 14.8 Å². The number of amides is 2. The van der Waals surface area contributed by atoms with Crippen molar-refractivity contribution >= 4 is 35.0 Å². The molecule has 2 aliphatic heterocycles. The molecule has 0 spiro atoms. The number of nitrogens with zero attached hydrogens (tertiary/aromatic N) is 3. The summed E-state index contributed by atoms with van der Waals surface area (Å²) >= 11 is 1.93. The SMILES string of the molecule is COc1ccc(C2=NN(Cc3ccc(NC(=O)CN4CCSCC4)cc3)C(=O)CC2)cc1OC. The van der Waals surface area contributed by atoms with Gasteiger partial charge in [0.15, 0.2) is 11.5 Å². The van der Waals surface area contributed by atoms with E-state index >= 15 is 0 Å². The maximum absolute atomic E-state index is 12.5. The molecule has 1 saturated heterocycles. The Balaban J connectivity index is 1.39. The van der Waals surface area contributed by atoms with Gasteiger partial charge in [-0.15, -0.1) is 0 Å². The fraction of sp³-hybridized carbons (Fsp3) is 0.400. The highest BCUT2D eigenvalue weighted by molar-refractivity contribution is 7.99. The minimum Gasteiger partial charge on any atom is -0.493 e. The monoisotopic (exact) mass is 482 g/mol. The van der Waals surface area contributed by atoms with E-state index in [1.165, 1.54) is 5.01 Å². The third-order valence-corrected chi connectivity index (χ3v) is 6.81. The molecule has 4 rings (SSSR count). The number of nitrogens with one attached hydrogen (secondary N) is 1. The largest absolute Gasteiger partial charge is 0.493 e. The van der Waals surface area contributed by atoms with Crippen LogP contribution >= 0.6 is 11.8 Å². The number of hydrogen-bond donors (Lipinski definition) is 1. The first-order valence-corrected chi connectivity index (χ1v) is 12.5. The highest BCUT2D eigenvalue weighted by Crippen LogP contribution is 2.29. The minimum atomic E-state index is -0.0127. The molecule has 0 radical (unpaired) electrons. The predicted octanol–water partition coefficient (Wildman–Crippen LogP) is 3.22. The Hall–Kier alpha value is -3.04. The lowest BCUT2D eigenvalue weighted by molar-refractivity contribution is -0.132. The van der Waals surface area contributed by atoms with Crippen molar-refractivity contribution in [3.63, 3.8) is 0 Å². The summed E-state index contributed by atoms with van der Waals surface area (Å²) in [6.07, 6.45) is 0.974. The number of benzene rings is 2. The lowest BCUT2D eigenvalue weighted by atomic mass is 10.0. The zero-order valence-corrected chi connectivity index (χ0v) is 20.4. The lowest BCUT2D eigenvalue weighted by Crippen LogP contribution is -2.38. The van der Waals surface area contributed by atoms with Crippen LogP contribution in [-0.2, 0) is 16.1 Å². The van der Waals surface area contributed by atoms with Crippen molar-refractivity contribution < 1.29 is 19.1 Å². The first-order chi connectivity index (χ1) is 16.6. The second-order valence-electron chi connectivity index (χ2n) is 8.20.